The Morgan fingerprint density at radius 2 is 2.20 bits per heavy atom. The summed E-state index contributed by atoms with van der Waals surface area (Å²) in [5.41, 5.74) is 5.59. The summed E-state index contributed by atoms with van der Waals surface area (Å²) >= 11 is 1.09. The largest absolute Gasteiger partial charge is 0.321 e. The Hall–Kier alpha value is -1.77. The van der Waals surface area contributed by atoms with E-state index in [4.69, 9.17) is 14.9 Å². The van der Waals surface area contributed by atoms with Gasteiger partial charge in [0.15, 0.2) is 0 Å². The molecule has 2 atom stereocenters. The highest BCUT2D eigenvalue weighted by atomic mass is 32.2. The van der Waals surface area contributed by atoms with Gasteiger partial charge in [0.25, 0.3) is 5.91 Å². The summed E-state index contributed by atoms with van der Waals surface area (Å²) < 4.78 is 19.6. The van der Waals surface area contributed by atoms with Crippen molar-refractivity contribution < 1.29 is 9.00 Å². The van der Waals surface area contributed by atoms with Crippen molar-refractivity contribution in [3.05, 3.63) is 39.5 Å². The van der Waals surface area contributed by atoms with Gasteiger partial charge in [0.05, 0.1) is 11.3 Å². The fourth-order valence-electron chi connectivity index (χ4n) is 3.83. The lowest BCUT2D eigenvalue weighted by Gasteiger charge is -2.16. The number of hydrogen-bond acceptors (Lipinski definition) is 5. The molecule has 132 valence electrons. The van der Waals surface area contributed by atoms with Crippen molar-refractivity contribution >= 4 is 32.8 Å². The van der Waals surface area contributed by atoms with Crippen LogP contribution in [-0.2, 0) is 29.2 Å². The first-order valence-electron chi connectivity index (χ1n) is 8.36. The van der Waals surface area contributed by atoms with E-state index < -0.39 is 9.92 Å². The number of pyridine rings is 1. The van der Waals surface area contributed by atoms with E-state index in [9.17, 15) is 9.00 Å². The molecule has 0 fully saturated rings. The molecule has 2 heterocycles. The number of rotatable bonds is 3. The number of carbonyl (C=O) groups excluding carboxylic acids is 1. The molecule has 25 heavy (non-hydrogen) atoms. The van der Waals surface area contributed by atoms with Crippen LogP contribution >= 0.6 is 11.3 Å². The number of nitrogens with zero attached hydrogens (tertiary/aromatic N) is 1. The van der Waals surface area contributed by atoms with E-state index in [0.29, 0.717) is 5.92 Å². The standard InChI is InChI=1S/C17H20N4O2S2/c1-9-5-6-11-14(9)20-13-4-2-3-10(13)15(11)21-16(22)12-7-8-24-17(12)25(18,19)23/h7-9H,2-6H2,1H3,(H3,18,19,23)(H,20,21,22)/t9-/m1/s1. The monoisotopic (exact) mass is 376 g/mol. The minimum Gasteiger partial charge on any atom is -0.321 e. The highest BCUT2D eigenvalue weighted by molar-refractivity contribution is 7.92. The molecule has 0 radical (unpaired) electrons. The van der Waals surface area contributed by atoms with Crippen molar-refractivity contribution in [3.8, 4) is 0 Å². The minimum absolute atomic E-state index is 0.126. The molecule has 1 amide bonds. The number of nitrogens with two attached hydrogens (primary N) is 1. The number of aromatic nitrogens is 1. The molecular formula is C17H20N4O2S2. The van der Waals surface area contributed by atoms with E-state index in [0.717, 1.165) is 71.6 Å². The maximum Gasteiger partial charge on any atom is 0.257 e. The third-order valence-corrected chi connectivity index (χ3v) is 7.55. The second kappa shape index (κ2) is 5.89. The third kappa shape index (κ3) is 2.78. The number of nitrogens with one attached hydrogen (secondary N) is 2. The van der Waals surface area contributed by atoms with E-state index in [1.165, 1.54) is 0 Å². The van der Waals surface area contributed by atoms with Gasteiger partial charge >= 0.3 is 0 Å². The number of amides is 1. The smallest absolute Gasteiger partial charge is 0.257 e. The Balaban J connectivity index is 1.77. The zero-order valence-corrected chi connectivity index (χ0v) is 15.6. The van der Waals surface area contributed by atoms with Crippen molar-refractivity contribution in [1.29, 1.82) is 4.78 Å². The van der Waals surface area contributed by atoms with Gasteiger partial charge in [0.1, 0.15) is 14.1 Å². The first-order chi connectivity index (χ1) is 11.9. The lowest BCUT2D eigenvalue weighted by atomic mass is 10.0. The van der Waals surface area contributed by atoms with E-state index in [-0.39, 0.29) is 15.7 Å². The molecule has 0 saturated heterocycles. The molecule has 8 heteroatoms. The van der Waals surface area contributed by atoms with Crippen LogP contribution < -0.4 is 10.5 Å². The molecule has 4 rings (SSSR count). The normalized spacial score (nSPS) is 20.8. The first-order valence-corrected chi connectivity index (χ1v) is 10.9. The molecule has 1 unspecified atom stereocenters. The molecule has 2 aromatic heterocycles. The molecule has 4 N–H and O–H groups in total. The Morgan fingerprint density at radius 3 is 2.96 bits per heavy atom. The lowest BCUT2D eigenvalue weighted by molar-refractivity contribution is 0.102. The van der Waals surface area contributed by atoms with Crippen LogP contribution in [0.15, 0.2) is 15.7 Å². The van der Waals surface area contributed by atoms with Crippen molar-refractivity contribution in [3.63, 3.8) is 0 Å². The average Bonchev–Trinajstić information content (AvgIpc) is 3.26. The Kier molecular flexibility index (Phi) is 3.93. The van der Waals surface area contributed by atoms with Gasteiger partial charge in [0.2, 0.25) is 0 Å². The second-order valence-electron chi connectivity index (χ2n) is 6.75. The zero-order valence-electron chi connectivity index (χ0n) is 13.9. The molecular weight excluding hydrogens is 356 g/mol. The Bertz CT molecular complexity index is 979. The van der Waals surface area contributed by atoms with Gasteiger partial charge in [0, 0.05) is 11.4 Å². The molecule has 0 aliphatic heterocycles. The van der Waals surface area contributed by atoms with Gasteiger partial charge in [-0.3, -0.25) is 9.78 Å². The summed E-state index contributed by atoms with van der Waals surface area (Å²) in [6, 6.07) is 1.58. The fourth-order valence-corrected chi connectivity index (χ4v) is 5.67. The van der Waals surface area contributed by atoms with Crippen LogP contribution in [0.4, 0.5) is 5.69 Å². The molecule has 0 saturated carbocycles. The van der Waals surface area contributed by atoms with E-state index in [1.807, 2.05) is 0 Å². The van der Waals surface area contributed by atoms with E-state index in [2.05, 4.69) is 12.2 Å². The maximum absolute atomic E-state index is 12.8. The van der Waals surface area contributed by atoms with E-state index >= 15 is 0 Å². The van der Waals surface area contributed by atoms with Crippen LogP contribution in [0.25, 0.3) is 0 Å². The summed E-state index contributed by atoms with van der Waals surface area (Å²) in [7, 11) is -3.41. The number of carbonyl (C=O) groups is 1. The summed E-state index contributed by atoms with van der Waals surface area (Å²) in [6.07, 6.45) is 4.87. The lowest BCUT2D eigenvalue weighted by Crippen LogP contribution is -2.19. The topological polar surface area (TPSA) is 109 Å². The van der Waals surface area contributed by atoms with Crippen LogP contribution in [0.5, 0.6) is 0 Å². The molecule has 2 aromatic rings. The van der Waals surface area contributed by atoms with Crippen molar-refractivity contribution in [2.75, 3.05) is 5.32 Å². The average molecular weight is 377 g/mol. The van der Waals surface area contributed by atoms with Crippen molar-refractivity contribution in [1.82, 2.24) is 4.98 Å². The van der Waals surface area contributed by atoms with Gasteiger partial charge in [-0.05, 0) is 60.6 Å². The number of aryl methyl sites for hydroxylation is 1. The van der Waals surface area contributed by atoms with Crippen LogP contribution in [0.2, 0.25) is 0 Å². The molecule has 0 aromatic carbocycles. The Labute approximate surface area is 151 Å². The van der Waals surface area contributed by atoms with Crippen molar-refractivity contribution in [2.24, 2.45) is 5.14 Å². The summed E-state index contributed by atoms with van der Waals surface area (Å²) in [4.78, 5) is 17.7. The third-order valence-electron chi connectivity index (χ3n) is 5.04. The fraction of sp³-hybridized carbons (Fsp3) is 0.412. The second-order valence-corrected chi connectivity index (χ2v) is 9.53. The highest BCUT2D eigenvalue weighted by Crippen LogP contribution is 2.41. The number of anilines is 1. The maximum atomic E-state index is 12.8. The SMILES string of the molecule is C[C@@H]1CCc2c1nc1c(c2NC(=O)c2ccsc2S(=N)(N)=O)CCC1. The zero-order chi connectivity index (χ0) is 17.8. The Morgan fingerprint density at radius 1 is 1.40 bits per heavy atom. The molecule has 6 nitrogen and oxygen atoms in total. The van der Waals surface area contributed by atoms with Gasteiger partial charge < -0.3 is 5.32 Å². The predicted molar refractivity (Wildman–Crippen MR) is 98.6 cm³/mol. The van der Waals surface area contributed by atoms with Gasteiger partial charge in [-0.2, -0.15) is 0 Å². The molecule has 2 aliphatic carbocycles. The number of fused-ring (bicyclic) bond motifs is 2. The van der Waals surface area contributed by atoms with Gasteiger partial charge in [-0.25, -0.2) is 14.1 Å². The van der Waals surface area contributed by atoms with Gasteiger partial charge in [-0.15, -0.1) is 11.3 Å². The van der Waals surface area contributed by atoms with Crippen LogP contribution in [-0.4, -0.2) is 15.1 Å². The van der Waals surface area contributed by atoms with Crippen molar-refractivity contribution in [2.45, 2.75) is 49.2 Å². The van der Waals surface area contributed by atoms with Crippen LogP contribution in [0, 0.1) is 4.78 Å². The molecule has 0 bridgehead atoms. The van der Waals surface area contributed by atoms with Gasteiger partial charge in [-0.1, -0.05) is 6.92 Å². The quantitative estimate of drug-likeness (QED) is 0.765. The number of thiophene rings is 1. The summed E-state index contributed by atoms with van der Waals surface area (Å²) in [5.74, 6) is 0.0630. The summed E-state index contributed by atoms with van der Waals surface area (Å²) in [6.45, 7) is 2.17. The first kappa shape index (κ1) is 16.7. The highest BCUT2D eigenvalue weighted by Gasteiger charge is 2.30. The van der Waals surface area contributed by atoms with Crippen LogP contribution in [0.3, 0.4) is 0 Å². The molecule has 0 spiro atoms. The van der Waals surface area contributed by atoms with Crippen LogP contribution in [0.1, 0.15) is 58.6 Å². The number of hydrogen-bond donors (Lipinski definition) is 3. The van der Waals surface area contributed by atoms with E-state index in [1.54, 1.807) is 11.4 Å². The summed E-state index contributed by atoms with van der Waals surface area (Å²) in [5, 5.41) is 10.1. The predicted octanol–water partition coefficient (Wildman–Crippen LogP) is 3.21. The minimum atomic E-state index is -3.41. The molecule has 2 aliphatic rings.